The minimum Gasteiger partial charge on any atom is -0.369 e. The minimum atomic E-state index is -2.29. The molecule has 0 amide bonds. The van der Waals surface area contributed by atoms with E-state index in [4.69, 9.17) is 0 Å². The average Bonchev–Trinajstić information content (AvgIpc) is 2.03. The Morgan fingerprint density at radius 3 is 2.46 bits per heavy atom. The van der Waals surface area contributed by atoms with E-state index in [1.807, 2.05) is 31.2 Å². The number of aryl methyl sites for hydroxylation is 1. The zero-order valence-electron chi connectivity index (χ0n) is 7.80. The fourth-order valence-corrected chi connectivity index (χ4v) is 1.30. The monoisotopic (exact) mass is 185 g/mol. The van der Waals surface area contributed by atoms with Crippen LogP contribution < -0.4 is 4.90 Å². The predicted octanol–water partition coefficient (Wildman–Crippen LogP) is 2.70. The van der Waals surface area contributed by atoms with E-state index in [0.29, 0.717) is 0 Å². The van der Waals surface area contributed by atoms with Gasteiger partial charge in [0.25, 0.3) is 6.43 Å². The molecule has 13 heavy (non-hydrogen) atoms. The van der Waals surface area contributed by atoms with E-state index in [1.54, 1.807) is 11.9 Å². The van der Waals surface area contributed by atoms with Crippen LogP contribution in [0.15, 0.2) is 24.3 Å². The van der Waals surface area contributed by atoms with Gasteiger partial charge in [-0.15, -0.1) is 0 Å². The lowest BCUT2D eigenvalue weighted by molar-refractivity contribution is 0.156. The number of rotatable bonds is 3. The van der Waals surface area contributed by atoms with Gasteiger partial charge in [-0.2, -0.15) is 0 Å². The van der Waals surface area contributed by atoms with Gasteiger partial charge in [0.05, 0.1) is 6.54 Å². The average molecular weight is 185 g/mol. The van der Waals surface area contributed by atoms with E-state index in [0.717, 1.165) is 11.3 Å². The van der Waals surface area contributed by atoms with Crippen molar-refractivity contribution in [1.29, 1.82) is 0 Å². The molecule has 1 nitrogen and oxygen atoms in total. The second kappa shape index (κ2) is 4.21. The molecule has 72 valence electrons. The molecule has 1 rings (SSSR count). The lowest BCUT2D eigenvalue weighted by atomic mass is 10.2. The Morgan fingerprint density at radius 2 is 1.92 bits per heavy atom. The molecule has 0 saturated heterocycles. The Hall–Kier alpha value is -1.12. The highest BCUT2D eigenvalue weighted by Gasteiger charge is 2.09. The van der Waals surface area contributed by atoms with Crippen molar-refractivity contribution in [3.63, 3.8) is 0 Å². The van der Waals surface area contributed by atoms with Crippen molar-refractivity contribution in [2.45, 2.75) is 13.3 Å². The molecule has 0 bridgehead atoms. The Morgan fingerprint density at radius 1 is 1.31 bits per heavy atom. The smallest absolute Gasteiger partial charge is 0.255 e. The van der Waals surface area contributed by atoms with Gasteiger partial charge in [-0.05, 0) is 18.6 Å². The topological polar surface area (TPSA) is 3.24 Å². The third-order valence-corrected chi connectivity index (χ3v) is 1.94. The van der Waals surface area contributed by atoms with Gasteiger partial charge in [0.1, 0.15) is 0 Å². The van der Waals surface area contributed by atoms with Crippen LogP contribution in [0.3, 0.4) is 0 Å². The first-order valence-corrected chi connectivity index (χ1v) is 4.16. The number of hydrogen-bond donors (Lipinski definition) is 0. The van der Waals surface area contributed by atoms with E-state index in [-0.39, 0.29) is 6.54 Å². The highest BCUT2D eigenvalue weighted by Crippen LogP contribution is 2.18. The third kappa shape index (κ3) is 2.68. The number of benzene rings is 1. The van der Waals surface area contributed by atoms with E-state index >= 15 is 0 Å². The van der Waals surface area contributed by atoms with Gasteiger partial charge in [-0.25, -0.2) is 8.78 Å². The van der Waals surface area contributed by atoms with E-state index in [9.17, 15) is 8.78 Å². The number of halogens is 2. The third-order valence-electron chi connectivity index (χ3n) is 1.94. The summed E-state index contributed by atoms with van der Waals surface area (Å²) in [5.74, 6) is 0. The molecule has 1 aromatic rings. The van der Waals surface area contributed by atoms with Crippen LogP contribution >= 0.6 is 0 Å². The van der Waals surface area contributed by atoms with Crippen molar-refractivity contribution in [2.75, 3.05) is 18.5 Å². The Labute approximate surface area is 77.0 Å². The largest absolute Gasteiger partial charge is 0.369 e. The van der Waals surface area contributed by atoms with Gasteiger partial charge in [0, 0.05) is 12.7 Å². The van der Waals surface area contributed by atoms with Crippen LogP contribution in [0, 0.1) is 6.92 Å². The number of hydrogen-bond acceptors (Lipinski definition) is 1. The number of para-hydroxylation sites is 1. The Balaban J connectivity index is 2.76. The minimum absolute atomic E-state index is 0.217. The van der Waals surface area contributed by atoms with Crippen molar-refractivity contribution in [3.05, 3.63) is 29.8 Å². The van der Waals surface area contributed by atoms with Crippen LogP contribution in [0.1, 0.15) is 5.56 Å². The van der Waals surface area contributed by atoms with Crippen molar-refractivity contribution in [1.82, 2.24) is 0 Å². The maximum Gasteiger partial charge on any atom is 0.255 e. The molecule has 0 aliphatic heterocycles. The van der Waals surface area contributed by atoms with Crippen molar-refractivity contribution in [2.24, 2.45) is 0 Å². The van der Waals surface area contributed by atoms with Crippen LogP contribution in [-0.2, 0) is 0 Å². The predicted molar refractivity (Wildman–Crippen MR) is 50.5 cm³/mol. The molecule has 1 aromatic carbocycles. The molecule has 0 fully saturated rings. The van der Waals surface area contributed by atoms with Crippen LogP contribution in [0.5, 0.6) is 0 Å². The van der Waals surface area contributed by atoms with Crippen molar-refractivity contribution >= 4 is 5.69 Å². The first kappa shape index (κ1) is 9.96. The molecule has 0 aromatic heterocycles. The van der Waals surface area contributed by atoms with E-state index in [2.05, 4.69) is 0 Å². The molecule has 0 unspecified atom stereocenters. The van der Waals surface area contributed by atoms with Gasteiger partial charge in [0.2, 0.25) is 0 Å². The van der Waals surface area contributed by atoms with Crippen LogP contribution in [0.25, 0.3) is 0 Å². The van der Waals surface area contributed by atoms with Crippen molar-refractivity contribution in [3.8, 4) is 0 Å². The van der Waals surface area contributed by atoms with Gasteiger partial charge in [0.15, 0.2) is 0 Å². The molecular weight excluding hydrogens is 172 g/mol. The summed E-state index contributed by atoms with van der Waals surface area (Å²) in [6.45, 7) is 1.70. The second-order valence-corrected chi connectivity index (χ2v) is 3.06. The Bertz CT molecular complexity index is 273. The second-order valence-electron chi connectivity index (χ2n) is 3.06. The summed E-state index contributed by atoms with van der Waals surface area (Å²) in [6, 6.07) is 7.51. The highest BCUT2D eigenvalue weighted by molar-refractivity contribution is 5.52. The van der Waals surface area contributed by atoms with Gasteiger partial charge in [-0.1, -0.05) is 18.2 Å². The zero-order valence-corrected chi connectivity index (χ0v) is 7.80. The molecule has 0 atom stereocenters. The number of nitrogens with zero attached hydrogens (tertiary/aromatic N) is 1. The number of anilines is 1. The van der Waals surface area contributed by atoms with Crippen LogP contribution in [0.2, 0.25) is 0 Å². The standard InChI is InChI=1S/C10H13F2N/c1-8-5-3-4-6-9(8)13(2)7-10(11)12/h3-6,10H,7H2,1-2H3. The Kier molecular flexibility index (Phi) is 3.23. The summed E-state index contributed by atoms with van der Waals surface area (Å²) in [7, 11) is 1.68. The summed E-state index contributed by atoms with van der Waals surface area (Å²) in [5.41, 5.74) is 1.88. The van der Waals surface area contributed by atoms with Crippen LogP contribution in [0.4, 0.5) is 14.5 Å². The van der Waals surface area contributed by atoms with Crippen molar-refractivity contribution < 1.29 is 8.78 Å². The van der Waals surface area contributed by atoms with E-state index < -0.39 is 6.43 Å². The maximum absolute atomic E-state index is 12.1. The first-order chi connectivity index (χ1) is 6.11. The fourth-order valence-electron chi connectivity index (χ4n) is 1.30. The van der Waals surface area contributed by atoms with E-state index in [1.165, 1.54) is 0 Å². The lowest BCUT2D eigenvalue weighted by Crippen LogP contribution is -2.24. The summed E-state index contributed by atoms with van der Waals surface area (Å²) < 4.78 is 24.1. The van der Waals surface area contributed by atoms with Gasteiger partial charge < -0.3 is 4.90 Å². The van der Waals surface area contributed by atoms with Gasteiger partial charge in [-0.3, -0.25) is 0 Å². The zero-order chi connectivity index (χ0) is 9.84. The maximum atomic E-state index is 12.1. The SMILES string of the molecule is Cc1ccccc1N(C)CC(F)F. The molecule has 0 aliphatic rings. The first-order valence-electron chi connectivity index (χ1n) is 4.16. The summed E-state index contributed by atoms with van der Waals surface area (Å²) in [6.07, 6.45) is -2.29. The molecule has 0 aliphatic carbocycles. The summed E-state index contributed by atoms with van der Waals surface area (Å²) in [5, 5.41) is 0. The summed E-state index contributed by atoms with van der Waals surface area (Å²) in [4.78, 5) is 1.57. The molecule has 0 spiro atoms. The highest BCUT2D eigenvalue weighted by atomic mass is 19.3. The number of alkyl halides is 2. The van der Waals surface area contributed by atoms with Crippen LogP contribution in [-0.4, -0.2) is 20.0 Å². The quantitative estimate of drug-likeness (QED) is 0.699. The summed E-state index contributed by atoms with van der Waals surface area (Å²) >= 11 is 0. The molecule has 3 heteroatoms. The fraction of sp³-hybridized carbons (Fsp3) is 0.400. The molecule has 0 saturated carbocycles. The molecule has 0 heterocycles. The van der Waals surface area contributed by atoms with Gasteiger partial charge >= 0.3 is 0 Å². The molecule has 0 N–H and O–H groups in total. The molecule has 0 radical (unpaired) electrons. The normalized spacial score (nSPS) is 10.5. The molecular formula is C10H13F2N. The lowest BCUT2D eigenvalue weighted by Gasteiger charge is -2.20.